The number of aryl methyl sites for hydroxylation is 1. The Labute approximate surface area is 166 Å². The molecule has 1 atom stereocenters. The van der Waals surface area contributed by atoms with Crippen LogP contribution >= 0.6 is 0 Å². The third-order valence-electron chi connectivity index (χ3n) is 6.04. The summed E-state index contributed by atoms with van der Waals surface area (Å²) < 4.78 is 14.4. The standard InChI is InChI=1S/C21H30N4O3/c1-4-24(5-2)19(26)18-15-25-13-10-22-20(25)21(28-18)8-11-23(12-9-21)14-17-7-6-16(3)27-17/h6-7,10,13,18H,4-5,8-9,11-12,14-15H2,1-3H3/t18-/m0/s1. The number of rotatable bonds is 5. The highest BCUT2D eigenvalue weighted by Crippen LogP contribution is 2.40. The molecule has 7 heteroatoms. The first kappa shape index (κ1) is 19.2. The highest BCUT2D eigenvalue weighted by Gasteiger charge is 2.47. The van der Waals surface area contributed by atoms with Crippen LogP contribution in [0, 0.1) is 6.92 Å². The number of piperidine rings is 1. The average Bonchev–Trinajstić information content (AvgIpc) is 3.34. The number of hydrogen-bond donors (Lipinski definition) is 0. The summed E-state index contributed by atoms with van der Waals surface area (Å²) in [7, 11) is 0. The van der Waals surface area contributed by atoms with Crippen LogP contribution in [-0.2, 0) is 28.2 Å². The van der Waals surface area contributed by atoms with Gasteiger partial charge in [0.05, 0.1) is 13.1 Å². The lowest BCUT2D eigenvalue weighted by Gasteiger charge is -2.46. The van der Waals surface area contributed by atoms with Crippen LogP contribution in [0.5, 0.6) is 0 Å². The number of likely N-dealkylation sites (N-methyl/N-ethyl adjacent to an activating group) is 1. The van der Waals surface area contributed by atoms with Crippen LogP contribution in [0.4, 0.5) is 0 Å². The topological polar surface area (TPSA) is 63.7 Å². The Kier molecular flexibility index (Phi) is 5.29. The summed E-state index contributed by atoms with van der Waals surface area (Å²) in [6.45, 7) is 10.5. The monoisotopic (exact) mass is 386 g/mol. The lowest BCUT2D eigenvalue weighted by atomic mass is 9.88. The lowest BCUT2D eigenvalue weighted by Crippen LogP contribution is -2.54. The van der Waals surface area contributed by atoms with Crippen molar-refractivity contribution in [2.45, 2.75) is 58.4 Å². The van der Waals surface area contributed by atoms with Gasteiger partial charge < -0.3 is 18.6 Å². The van der Waals surface area contributed by atoms with Crippen LogP contribution in [0.25, 0.3) is 0 Å². The first-order valence-electron chi connectivity index (χ1n) is 10.3. The maximum absolute atomic E-state index is 13.0. The van der Waals surface area contributed by atoms with E-state index in [9.17, 15) is 4.79 Å². The minimum absolute atomic E-state index is 0.0808. The van der Waals surface area contributed by atoms with Crippen LogP contribution in [-0.4, -0.2) is 57.5 Å². The van der Waals surface area contributed by atoms with Crippen molar-refractivity contribution < 1.29 is 13.9 Å². The zero-order chi connectivity index (χ0) is 19.7. The van der Waals surface area contributed by atoms with Crippen LogP contribution < -0.4 is 0 Å². The fourth-order valence-corrected chi connectivity index (χ4v) is 4.47. The Morgan fingerprint density at radius 2 is 2.04 bits per heavy atom. The number of aromatic nitrogens is 2. The summed E-state index contributed by atoms with van der Waals surface area (Å²) in [5.41, 5.74) is -0.481. The Bertz CT molecular complexity index is 815. The molecule has 0 bridgehead atoms. The highest BCUT2D eigenvalue weighted by atomic mass is 16.5. The predicted molar refractivity (Wildman–Crippen MR) is 105 cm³/mol. The molecule has 0 radical (unpaired) electrons. The van der Waals surface area contributed by atoms with Crippen molar-refractivity contribution in [2.24, 2.45) is 0 Å². The van der Waals surface area contributed by atoms with Crippen LogP contribution in [0.15, 0.2) is 28.9 Å². The largest absolute Gasteiger partial charge is 0.465 e. The molecular weight excluding hydrogens is 356 g/mol. The van der Waals surface area contributed by atoms with Crippen LogP contribution in [0.3, 0.4) is 0 Å². The number of carbonyl (C=O) groups is 1. The second-order valence-corrected chi connectivity index (χ2v) is 7.80. The summed E-state index contributed by atoms with van der Waals surface area (Å²) in [6.07, 6.45) is 5.00. The van der Waals surface area contributed by atoms with Crippen molar-refractivity contribution in [3.05, 3.63) is 41.9 Å². The van der Waals surface area contributed by atoms with E-state index in [0.717, 1.165) is 49.8 Å². The third-order valence-corrected chi connectivity index (χ3v) is 6.04. The molecule has 1 amide bonds. The Balaban J connectivity index is 1.49. The predicted octanol–water partition coefficient (Wildman–Crippen LogP) is 2.54. The molecule has 4 rings (SSSR count). The quantitative estimate of drug-likeness (QED) is 0.790. The van der Waals surface area contributed by atoms with Gasteiger partial charge in [-0.25, -0.2) is 4.98 Å². The van der Waals surface area contributed by atoms with Crippen molar-refractivity contribution >= 4 is 5.91 Å². The van der Waals surface area contributed by atoms with E-state index in [0.29, 0.717) is 19.6 Å². The van der Waals surface area contributed by atoms with Gasteiger partial charge in [0.2, 0.25) is 0 Å². The lowest BCUT2D eigenvalue weighted by molar-refractivity contribution is -0.181. The Hall–Kier alpha value is -2.12. The van der Waals surface area contributed by atoms with E-state index in [1.165, 1.54) is 0 Å². The molecule has 0 saturated carbocycles. The Morgan fingerprint density at radius 1 is 1.29 bits per heavy atom. The summed E-state index contributed by atoms with van der Waals surface area (Å²) in [5.74, 6) is 2.98. The molecule has 1 spiro atoms. The molecule has 2 aromatic rings. The average molecular weight is 386 g/mol. The van der Waals surface area contributed by atoms with Gasteiger partial charge in [-0.15, -0.1) is 0 Å². The molecule has 0 aliphatic carbocycles. The highest BCUT2D eigenvalue weighted by molar-refractivity contribution is 5.81. The molecule has 2 aliphatic heterocycles. The summed E-state index contributed by atoms with van der Waals surface area (Å²) in [5, 5.41) is 0. The molecular formula is C21H30N4O3. The van der Waals surface area contributed by atoms with Gasteiger partial charge in [0.25, 0.3) is 5.91 Å². The second kappa shape index (κ2) is 7.72. The van der Waals surface area contributed by atoms with E-state index in [-0.39, 0.29) is 5.91 Å². The zero-order valence-electron chi connectivity index (χ0n) is 17.1. The first-order valence-corrected chi connectivity index (χ1v) is 10.3. The molecule has 1 saturated heterocycles. The van der Waals surface area contributed by atoms with Crippen LogP contribution in [0.1, 0.15) is 44.0 Å². The van der Waals surface area contributed by atoms with Gasteiger partial charge in [0.15, 0.2) is 6.10 Å². The smallest absolute Gasteiger partial charge is 0.253 e. The Morgan fingerprint density at radius 3 is 2.68 bits per heavy atom. The van der Waals surface area contributed by atoms with E-state index < -0.39 is 11.7 Å². The maximum Gasteiger partial charge on any atom is 0.253 e. The molecule has 152 valence electrons. The van der Waals surface area contributed by atoms with Gasteiger partial charge in [-0.3, -0.25) is 9.69 Å². The molecule has 0 aromatic carbocycles. The maximum atomic E-state index is 13.0. The SMILES string of the molecule is CCN(CC)C(=O)[C@@H]1Cn2ccnc2C2(CCN(Cc3ccc(C)o3)CC2)O1. The number of nitrogens with zero attached hydrogens (tertiary/aromatic N) is 4. The third kappa shape index (κ3) is 3.49. The number of carbonyl (C=O) groups excluding carboxylic acids is 1. The van der Waals surface area contributed by atoms with Crippen molar-refractivity contribution in [3.8, 4) is 0 Å². The minimum Gasteiger partial charge on any atom is -0.465 e. The number of ether oxygens (including phenoxy) is 1. The van der Waals surface area contributed by atoms with Gasteiger partial charge >= 0.3 is 0 Å². The minimum atomic E-state index is -0.481. The number of furan rings is 1. The molecule has 7 nitrogen and oxygen atoms in total. The van der Waals surface area contributed by atoms with E-state index in [2.05, 4.69) is 14.5 Å². The number of hydrogen-bond acceptors (Lipinski definition) is 5. The number of amides is 1. The molecule has 28 heavy (non-hydrogen) atoms. The number of imidazole rings is 1. The van der Waals surface area contributed by atoms with E-state index in [4.69, 9.17) is 9.15 Å². The van der Waals surface area contributed by atoms with E-state index >= 15 is 0 Å². The first-order chi connectivity index (χ1) is 13.5. The molecule has 2 aliphatic rings. The fraction of sp³-hybridized carbons (Fsp3) is 0.619. The van der Waals surface area contributed by atoms with Crippen molar-refractivity contribution in [1.82, 2.24) is 19.4 Å². The van der Waals surface area contributed by atoms with Gasteiger partial charge in [0, 0.05) is 38.6 Å². The normalized spacial score (nSPS) is 21.6. The molecule has 4 heterocycles. The molecule has 1 fully saturated rings. The van der Waals surface area contributed by atoms with Crippen molar-refractivity contribution in [2.75, 3.05) is 26.2 Å². The van der Waals surface area contributed by atoms with E-state index in [1.54, 1.807) is 0 Å². The van der Waals surface area contributed by atoms with Gasteiger partial charge in [-0.05, 0) is 45.7 Å². The van der Waals surface area contributed by atoms with Crippen LogP contribution in [0.2, 0.25) is 0 Å². The van der Waals surface area contributed by atoms with Crippen molar-refractivity contribution in [1.29, 1.82) is 0 Å². The summed E-state index contributed by atoms with van der Waals surface area (Å²) in [6, 6.07) is 4.05. The number of likely N-dealkylation sites (tertiary alicyclic amines) is 1. The van der Waals surface area contributed by atoms with Crippen molar-refractivity contribution in [3.63, 3.8) is 0 Å². The fourth-order valence-electron chi connectivity index (χ4n) is 4.47. The summed E-state index contributed by atoms with van der Waals surface area (Å²) >= 11 is 0. The van der Waals surface area contributed by atoms with Gasteiger partial charge in [0.1, 0.15) is 22.9 Å². The van der Waals surface area contributed by atoms with Gasteiger partial charge in [-0.2, -0.15) is 0 Å². The zero-order valence-corrected chi connectivity index (χ0v) is 17.1. The number of fused-ring (bicyclic) bond motifs is 2. The van der Waals surface area contributed by atoms with Gasteiger partial charge in [-0.1, -0.05) is 0 Å². The van der Waals surface area contributed by atoms with E-state index in [1.807, 2.05) is 50.2 Å². The second-order valence-electron chi connectivity index (χ2n) is 7.80. The molecule has 0 N–H and O–H groups in total. The molecule has 2 aromatic heterocycles. The molecule has 0 unspecified atom stereocenters. The summed E-state index contributed by atoms with van der Waals surface area (Å²) in [4.78, 5) is 21.8.